The average molecular weight is 258 g/mol. The summed E-state index contributed by atoms with van der Waals surface area (Å²) < 4.78 is 7.39. The van der Waals surface area contributed by atoms with Gasteiger partial charge in [0.2, 0.25) is 0 Å². The molecule has 0 spiro atoms. The number of ether oxygens (including phenoxy) is 1. The van der Waals surface area contributed by atoms with Gasteiger partial charge >= 0.3 is 0 Å². The predicted octanol–water partition coefficient (Wildman–Crippen LogP) is 3.00. The molecule has 100 valence electrons. The zero-order valence-corrected chi connectivity index (χ0v) is 11.7. The lowest BCUT2D eigenvalue weighted by molar-refractivity contribution is 0.0483. The average Bonchev–Trinajstić information content (AvgIpc) is 2.86. The SMILES string of the molecule is Cc1cccc(C)c1OC(C)(C)C(=O)n1ccnc1. The first-order valence-corrected chi connectivity index (χ1v) is 6.20. The second kappa shape index (κ2) is 4.88. The van der Waals surface area contributed by atoms with Crippen LogP contribution in [-0.2, 0) is 0 Å². The monoisotopic (exact) mass is 258 g/mol. The molecular weight excluding hydrogens is 240 g/mol. The first-order valence-electron chi connectivity index (χ1n) is 6.20. The maximum atomic E-state index is 12.4. The molecule has 0 aliphatic rings. The molecule has 1 heterocycles. The fourth-order valence-electron chi connectivity index (χ4n) is 1.95. The smallest absolute Gasteiger partial charge is 0.275 e. The molecule has 0 saturated heterocycles. The van der Waals surface area contributed by atoms with Crippen LogP contribution in [0.15, 0.2) is 36.9 Å². The molecule has 0 saturated carbocycles. The summed E-state index contributed by atoms with van der Waals surface area (Å²) in [6.45, 7) is 7.47. The zero-order valence-electron chi connectivity index (χ0n) is 11.7. The van der Waals surface area contributed by atoms with Crippen molar-refractivity contribution in [1.29, 1.82) is 0 Å². The lowest BCUT2D eigenvalue weighted by atomic mass is 10.1. The molecule has 0 unspecified atom stereocenters. The van der Waals surface area contributed by atoms with Crippen LogP contribution in [0.4, 0.5) is 0 Å². The van der Waals surface area contributed by atoms with Crippen molar-refractivity contribution in [3.05, 3.63) is 48.0 Å². The number of nitrogens with zero attached hydrogens (tertiary/aromatic N) is 2. The normalized spacial score (nSPS) is 11.4. The number of para-hydroxylation sites is 1. The Kier molecular flexibility index (Phi) is 3.42. The fourth-order valence-corrected chi connectivity index (χ4v) is 1.95. The Hall–Kier alpha value is -2.10. The maximum absolute atomic E-state index is 12.4. The number of aryl methyl sites for hydroxylation is 2. The van der Waals surface area contributed by atoms with E-state index >= 15 is 0 Å². The maximum Gasteiger partial charge on any atom is 0.275 e. The number of imidazole rings is 1. The van der Waals surface area contributed by atoms with E-state index in [1.807, 2.05) is 32.0 Å². The molecule has 0 fully saturated rings. The topological polar surface area (TPSA) is 44.1 Å². The van der Waals surface area contributed by atoms with Gasteiger partial charge in [-0.25, -0.2) is 4.98 Å². The molecule has 0 bridgehead atoms. The summed E-state index contributed by atoms with van der Waals surface area (Å²) in [6, 6.07) is 5.92. The van der Waals surface area contributed by atoms with Crippen molar-refractivity contribution in [2.75, 3.05) is 0 Å². The fraction of sp³-hybridized carbons (Fsp3) is 0.333. The van der Waals surface area contributed by atoms with Crippen LogP contribution in [0.3, 0.4) is 0 Å². The van der Waals surface area contributed by atoms with E-state index in [-0.39, 0.29) is 5.91 Å². The molecule has 2 aromatic rings. The van der Waals surface area contributed by atoms with Crippen molar-refractivity contribution in [1.82, 2.24) is 9.55 Å². The van der Waals surface area contributed by atoms with Gasteiger partial charge < -0.3 is 4.74 Å². The molecule has 0 aliphatic carbocycles. The second-order valence-electron chi connectivity index (χ2n) is 5.11. The standard InChI is InChI=1S/C15H18N2O2/c1-11-6-5-7-12(2)13(11)19-15(3,4)14(18)17-9-8-16-10-17/h5-10H,1-4H3. The number of benzene rings is 1. The third kappa shape index (κ3) is 2.67. The predicted molar refractivity (Wildman–Crippen MR) is 73.5 cm³/mol. The highest BCUT2D eigenvalue weighted by Crippen LogP contribution is 2.27. The Morgan fingerprint density at radius 1 is 1.26 bits per heavy atom. The molecule has 0 N–H and O–H groups in total. The molecule has 0 atom stereocenters. The van der Waals surface area contributed by atoms with Crippen molar-refractivity contribution in [3.63, 3.8) is 0 Å². The minimum absolute atomic E-state index is 0.146. The van der Waals surface area contributed by atoms with Crippen LogP contribution in [0.2, 0.25) is 0 Å². The van der Waals surface area contributed by atoms with Crippen molar-refractivity contribution < 1.29 is 9.53 Å². The Labute approximate surface area is 113 Å². The third-order valence-electron chi connectivity index (χ3n) is 3.02. The quantitative estimate of drug-likeness (QED) is 0.850. The van der Waals surface area contributed by atoms with Crippen LogP contribution in [0, 0.1) is 13.8 Å². The summed E-state index contributed by atoms with van der Waals surface area (Å²) in [5.74, 6) is 0.619. The Balaban J connectivity index is 2.29. The summed E-state index contributed by atoms with van der Waals surface area (Å²) in [4.78, 5) is 16.2. The number of rotatable bonds is 3. The van der Waals surface area contributed by atoms with Gasteiger partial charge in [0, 0.05) is 12.4 Å². The minimum Gasteiger partial charge on any atom is -0.477 e. The van der Waals surface area contributed by atoms with Crippen LogP contribution in [0.5, 0.6) is 5.75 Å². The second-order valence-corrected chi connectivity index (χ2v) is 5.11. The van der Waals surface area contributed by atoms with Crippen LogP contribution in [-0.4, -0.2) is 21.1 Å². The third-order valence-corrected chi connectivity index (χ3v) is 3.02. The van der Waals surface area contributed by atoms with Crippen molar-refractivity contribution in [3.8, 4) is 5.75 Å². The van der Waals surface area contributed by atoms with E-state index in [4.69, 9.17) is 4.74 Å². The van der Waals surface area contributed by atoms with Crippen molar-refractivity contribution >= 4 is 5.91 Å². The molecule has 1 aromatic heterocycles. The number of aromatic nitrogens is 2. The van der Waals surface area contributed by atoms with Gasteiger partial charge in [0.15, 0.2) is 5.60 Å². The summed E-state index contributed by atoms with van der Waals surface area (Å²) in [6.07, 6.45) is 4.68. The summed E-state index contributed by atoms with van der Waals surface area (Å²) in [5.41, 5.74) is 1.09. The van der Waals surface area contributed by atoms with Gasteiger partial charge in [-0.1, -0.05) is 18.2 Å². The molecule has 4 heteroatoms. The van der Waals surface area contributed by atoms with E-state index in [2.05, 4.69) is 4.98 Å². The first-order chi connectivity index (χ1) is 8.92. The molecule has 1 aromatic carbocycles. The summed E-state index contributed by atoms with van der Waals surface area (Å²) >= 11 is 0. The van der Waals surface area contributed by atoms with Gasteiger partial charge in [-0.15, -0.1) is 0 Å². The number of carbonyl (C=O) groups is 1. The molecule has 0 aliphatic heterocycles. The zero-order chi connectivity index (χ0) is 14.0. The highest BCUT2D eigenvalue weighted by atomic mass is 16.5. The van der Waals surface area contributed by atoms with Gasteiger partial charge in [0.25, 0.3) is 5.91 Å². The lowest BCUT2D eigenvalue weighted by Gasteiger charge is -2.26. The first kappa shape index (κ1) is 13.3. The highest BCUT2D eigenvalue weighted by molar-refractivity contribution is 5.87. The number of carbonyl (C=O) groups excluding carboxylic acids is 1. The highest BCUT2D eigenvalue weighted by Gasteiger charge is 2.32. The van der Waals surface area contributed by atoms with E-state index in [0.29, 0.717) is 0 Å². The molecule has 19 heavy (non-hydrogen) atoms. The molecule has 0 amide bonds. The molecular formula is C15H18N2O2. The minimum atomic E-state index is -0.947. The van der Waals surface area contributed by atoms with E-state index in [9.17, 15) is 4.79 Å². The van der Waals surface area contributed by atoms with E-state index < -0.39 is 5.60 Å². The van der Waals surface area contributed by atoms with Gasteiger partial charge in [-0.2, -0.15) is 0 Å². The van der Waals surface area contributed by atoms with E-state index in [0.717, 1.165) is 16.9 Å². The summed E-state index contributed by atoms with van der Waals surface area (Å²) in [5, 5.41) is 0. The van der Waals surface area contributed by atoms with Gasteiger partial charge in [-0.3, -0.25) is 9.36 Å². The Morgan fingerprint density at radius 2 is 1.89 bits per heavy atom. The molecule has 2 rings (SSSR count). The van der Waals surface area contributed by atoms with Crippen LogP contribution in [0.1, 0.15) is 29.8 Å². The van der Waals surface area contributed by atoms with Gasteiger partial charge in [0.05, 0.1) is 0 Å². The van der Waals surface area contributed by atoms with E-state index in [1.54, 1.807) is 26.2 Å². The van der Waals surface area contributed by atoms with Gasteiger partial charge in [-0.05, 0) is 38.8 Å². The van der Waals surface area contributed by atoms with Crippen LogP contribution < -0.4 is 4.74 Å². The Bertz CT molecular complexity index is 566. The van der Waals surface area contributed by atoms with Crippen molar-refractivity contribution in [2.45, 2.75) is 33.3 Å². The Morgan fingerprint density at radius 3 is 2.42 bits per heavy atom. The van der Waals surface area contributed by atoms with Crippen LogP contribution >= 0.6 is 0 Å². The van der Waals surface area contributed by atoms with Crippen LogP contribution in [0.25, 0.3) is 0 Å². The summed E-state index contributed by atoms with van der Waals surface area (Å²) in [7, 11) is 0. The molecule has 0 radical (unpaired) electrons. The number of hydrogen-bond donors (Lipinski definition) is 0. The van der Waals surface area contributed by atoms with E-state index in [1.165, 1.54) is 10.9 Å². The largest absolute Gasteiger partial charge is 0.477 e. The van der Waals surface area contributed by atoms with Gasteiger partial charge in [0.1, 0.15) is 12.1 Å². The van der Waals surface area contributed by atoms with Crippen molar-refractivity contribution in [2.24, 2.45) is 0 Å². The molecule has 4 nitrogen and oxygen atoms in total. The lowest BCUT2D eigenvalue weighted by Crippen LogP contribution is -2.41. The number of hydrogen-bond acceptors (Lipinski definition) is 3.